The number of nitrogens with two attached hydrogens (primary N) is 1. The maximum Gasteiger partial charge on any atom is 0.130 e. The minimum absolute atomic E-state index is 0.169. The molecule has 0 spiro atoms. The molecule has 0 saturated carbocycles. The van der Waals surface area contributed by atoms with Gasteiger partial charge in [0.15, 0.2) is 0 Å². The van der Waals surface area contributed by atoms with Crippen molar-refractivity contribution >= 4 is 0 Å². The molecule has 0 radical (unpaired) electrons. The quantitative estimate of drug-likeness (QED) is 0.498. The van der Waals surface area contributed by atoms with Gasteiger partial charge < -0.3 is 4.42 Å². The Hall–Kier alpha value is -2.14. The Kier molecular flexibility index (Phi) is 3.20. The molecule has 0 bridgehead atoms. The van der Waals surface area contributed by atoms with Gasteiger partial charge in [-0.3, -0.25) is 0 Å². The first kappa shape index (κ1) is 11.3. The first-order valence-corrected chi connectivity index (χ1v) is 5.20. The van der Waals surface area contributed by atoms with Crippen molar-refractivity contribution in [3.05, 3.63) is 52.8 Å². The number of nitroso groups, excluding NO2 is 1. The minimum Gasteiger partial charge on any atom is -0.466 e. The molecule has 0 atom stereocenters. The van der Waals surface area contributed by atoms with Crippen molar-refractivity contribution < 1.29 is 4.42 Å². The number of nitrogens with zero attached hydrogens (tertiary/aromatic N) is 2. The highest BCUT2D eigenvalue weighted by atomic mass is 16.3. The third-order valence-corrected chi connectivity index (χ3v) is 2.64. The molecule has 17 heavy (non-hydrogen) atoms. The van der Waals surface area contributed by atoms with E-state index in [0.717, 1.165) is 21.8 Å². The van der Waals surface area contributed by atoms with Crippen LogP contribution in [0, 0.1) is 11.8 Å². The topological polar surface area (TPSA) is 71.8 Å². The predicted molar refractivity (Wildman–Crippen MR) is 64.4 cm³/mol. The highest BCUT2D eigenvalue weighted by molar-refractivity contribution is 5.66. The first-order valence-electron chi connectivity index (χ1n) is 5.20. The van der Waals surface area contributed by atoms with Crippen LogP contribution < -0.4 is 5.84 Å². The molecule has 5 heteroatoms. The van der Waals surface area contributed by atoms with E-state index in [4.69, 9.17) is 10.3 Å². The van der Waals surface area contributed by atoms with Gasteiger partial charge >= 0.3 is 0 Å². The summed E-state index contributed by atoms with van der Waals surface area (Å²) in [6.45, 7) is 2.10. The van der Waals surface area contributed by atoms with Gasteiger partial charge in [-0.05, 0) is 12.5 Å². The smallest absolute Gasteiger partial charge is 0.130 e. The van der Waals surface area contributed by atoms with E-state index in [1.165, 1.54) is 0 Å². The van der Waals surface area contributed by atoms with E-state index in [-0.39, 0.29) is 6.54 Å². The normalized spacial score (nSPS) is 10.2. The third-order valence-electron chi connectivity index (χ3n) is 2.64. The molecule has 5 nitrogen and oxygen atoms in total. The zero-order valence-electron chi connectivity index (χ0n) is 9.46. The molecule has 1 aromatic carbocycles. The summed E-state index contributed by atoms with van der Waals surface area (Å²) in [4.78, 5) is 10.2. The summed E-state index contributed by atoms with van der Waals surface area (Å²) < 4.78 is 5.40. The molecule has 0 saturated heterocycles. The Balaban J connectivity index is 2.30. The summed E-state index contributed by atoms with van der Waals surface area (Å²) in [6, 6.07) is 9.88. The average Bonchev–Trinajstić information content (AvgIpc) is 2.72. The number of hydrogen-bond acceptors (Lipinski definition) is 4. The first-order chi connectivity index (χ1) is 8.22. The summed E-state index contributed by atoms with van der Waals surface area (Å²) in [5.41, 5.74) is 3.04. The lowest BCUT2D eigenvalue weighted by Gasteiger charge is -2.06. The molecule has 1 aromatic heterocycles. The van der Waals surface area contributed by atoms with Crippen LogP contribution in [0.4, 0.5) is 0 Å². The zero-order valence-corrected chi connectivity index (χ0v) is 9.46. The monoisotopic (exact) mass is 231 g/mol. The second-order valence-electron chi connectivity index (χ2n) is 3.74. The molecule has 0 amide bonds. The number of rotatable bonds is 4. The number of hydrazine groups is 1. The standard InChI is InChI=1S/C12H13N3O2/c1-9-11(10-5-3-2-4-6-10)8-17-12(9)7-15(13)14-16/h2-6,8H,7,13H2,1H3. The van der Waals surface area contributed by atoms with E-state index < -0.39 is 0 Å². The molecular weight excluding hydrogens is 218 g/mol. The lowest BCUT2D eigenvalue weighted by Crippen LogP contribution is -2.23. The van der Waals surface area contributed by atoms with E-state index in [1.54, 1.807) is 6.26 Å². The van der Waals surface area contributed by atoms with E-state index in [2.05, 4.69) is 5.29 Å². The molecule has 0 fully saturated rings. The van der Waals surface area contributed by atoms with Crippen LogP contribution in [-0.2, 0) is 6.54 Å². The SMILES string of the molecule is Cc1c(-c2ccccc2)coc1CN(N)N=O. The molecule has 0 aliphatic heterocycles. The van der Waals surface area contributed by atoms with E-state index in [1.807, 2.05) is 37.3 Å². The van der Waals surface area contributed by atoms with Crippen molar-refractivity contribution in [2.45, 2.75) is 13.5 Å². The molecule has 0 aliphatic carbocycles. The fourth-order valence-corrected chi connectivity index (χ4v) is 1.69. The Morgan fingerprint density at radius 3 is 2.71 bits per heavy atom. The van der Waals surface area contributed by atoms with Gasteiger partial charge in [-0.2, -0.15) is 5.12 Å². The van der Waals surface area contributed by atoms with Crippen LogP contribution in [0.1, 0.15) is 11.3 Å². The zero-order chi connectivity index (χ0) is 12.3. The van der Waals surface area contributed by atoms with Crippen molar-refractivity contribution in [2.75, 3.05) is 0 Å². The lowest BCUT2D eigenvalue weighted by atomic mass is 10.0. The predicted octanol–water partition coefficient (Wildman–Crippen LogP) is 2.61. The van der Waals surface area contributed by atoms with E-state index >= 15 is 0 Å². The molecule has 2 rings (SSSR count). The molecule has 1 heterocycles. The average molecular weight is 231 g/mol. The van der Waals surface area contributed by atoms with Crippen molar-refractivity contribution in [3.8, 4) is 11.1 Å². The fraction of sp³-hybridized carbons (Fsp3) is 0.167. The second kappa shape index (κ2) is 4.80. The highest BCUT2D eigenvalue weighted by Gasteiger charge is 2.12. The van der Waals surface area contributed by atoms with Crippen molar-refractivity contribution in [3.63, 3.8) is 0 Å². The van der Waals surface area contributed by atoms with Gasteiger partial charge in [-0.1, -0.05) is 30.3 Å². The van der Waals surface area contributed by atoms with E-state index in [0.29, 0.717) is 5.76 Å². The van der Waals surface area contributed by atoms with Gasteiger partial charge in [0.2, 0.25) is 0 Å². The van der Waals surface area contributed by atoms with Crippen LogP contribution >= 0.6 is 0 Å². The van der Waals surface area contributed by atoms with Gasteiger partial charge in [0.25, 0.3) is 0 Å². The maximum absolute atomic E-state index is 10.2. The summed E-state index contributed by atoms with van der Waals surface area (Å²) in [5, 5.41) is 3.41. The molecule has 2 aromatic rings. The van der Waals surface area contributed by atoms with Crippen molar-refractivity contribution in [2.24, 2.45) is 11.1 Å². The summed E-state index contributed by atoms with van der Waals surface area (Å²) in [6.07, 6.45) is 1.67. The van der Waals surface area contributed by atoms with Gasteiger partial charge in [0, 0.05) is 11.1 Å². The largest absolute Gasteiger partial charge is 0.466 e. The number of furan rings is 1. The second-order valence-corrected chi connectivity index (χ2v) is 3.74. The fourth-order valence-electron chi connectivity index (χ4n) is 1.69. The van der Waals surface area contributed by atoms with Gasteiger partial charge in [0.05, 0.1) is 11.5 Å². The third kappa shape index (κ3) is 2.34. The molecular formula is C12H13N3O2. The molecule has 0 unspecified atom stereocenters. The van der Waals surface area contributed by atoms with Crippen LogP contribution in [0.15, 0.2) is 46.3 Å². The maximum atomic E-state index is 10.2. The molecule has 88 valence electrons. The minimum atomic E-state index is 0.169. The van der Waals surface area contributed by atoms with Gasteiger partial charge in [-0.15, -0.1) is 4.91 Å². The summed E-state index contributed by atoms with van der Waals surface area (Å²) in [5.74, 6) is 5.96. The van der Waals surface area contributed by atoms with Crippen LogP contribution in [0.5, 0.6) is 0 Å². The molecule has 0 aliphatic rings. The number of benzene rings is 1. The van der Waals surface area contributed by atoms with Gasteiger partial charge in [0.1, 0.15) is 12.3 Å². The Morgan fingerprint density at radius 2 is 2.06 bits per heavy atom. The van der Waals surface area contributed by atoms with Crippen LogP contribution in [-0.4, -0.2) is 5.12 Å². The van der Waals surface area contributed by atoms with Crippen molar-refractivity contribution in [1.82, 2.24) is 5.12 Å². The van der Waals surface area contributed by atoms with Crippen LogP contribution in [0.25, 0.3) is 11.1 Å². The van der Waals surface area contributed by atoms with Crippen LogP contribution in [0.3, 0.4) is 0 Å². The Morgan fingerprint density at radius 1 is 1.35 bits per heavy atom. The van der Waals surface area contributed by atoms with E-state index in [9.17, 15) is 4.91 Å². The lowest BCUT2D eigenvalue weighted by molar-refractivity contribution is 0.258. The molecule has 2 N–H and O–H groups in total. The van der Waals surface area contributed by atoms with Gasteiger partial charge in [-0.25, -0.2) is 5.84 Å². The highest BCUT2D eigenvalue weighted by Crippen LogP contribution is 2.27. The number of hydrogen-bond donors (Lipinski definition) is 1. The van der Waals surface area contributed by atoms with Crippen molar-refractivity contribution in [1.29, 1.82) is 0 Å². The Bertz CT molecular complexity index is 508. The van der Waals surface area contributed by atoms with Crippen LogP contribution in [0.2, 0.25) is 0 Å². The Labute approximate surface area is 98.7 Å². The summed E-state index contributed by atoms with van der Waals surface area (Å²) >= 11 is 0. The summed E-state index contributed by atoms with van der Waals surface area (Å²) in [7, 11) is 0.